The third-order valence-electron chi connectivity index (χ3n) is 2.22. The van der Waals surface area contributed by atoms with E-state index in [-0.39, 0.29) is 11.5 Å². The van der Waals surface area contributed by atoms with Crippen LogP contribution >= 0.6 is 0 Å². The van der Waals surface area contributed by atoms with Crippen LogP contribution in [0.5, 0.6) is 0 Å². The van der Waals surface area contributed by atoms with Gasteiger partial charge in [0.1, 0.15) is 0 Å². The summed E-state index contributed by atoms with van der Waals surface area (Å²) in [5.41, 5.74) is -0.297. The fourth-order valence-corrected chi connectivity index (χ4v) is 1.39. The molecule has 0 aliphatic carbocycles. The molecule has 5 nitrogen and oxygen atoms in total. The van der Waals surface area contributed by atoms with E-state index in [1.165, 1.54) is 13.2 Å². The van der Waals surface area contributed by atoms with Gasteiger partial charge in [0, 0.05) is 0 Å². The number of H-pyrrole nitrogens is 1. The van der Waals surface area contributed by atoms with Gasteiger partial charge in [0.2, 0.25) is 5.95 Å². The highest BCUT2D eigenvalue weighted by Crippen LogP contribution is 2.31. The minimum Gasteiger partial charge on any atom is -0.453 e. The van der Waals surface area contributed by atoms with E-state index in [2.05, 4.69) is 20.0 Å². The summed E-state index contributed by atoms with van der Waals surface area (Å²) >= 11 is 0. The molecule has 0 fully saturated rings. The summed E-state index contributed by atoms with van der Waals surface area (Å²) in [5, 5.41) is 2.23. The summed E-state index contributed by atoms with van der Waals surface area (Å²) in [6.45, 7) is 0. The highest BCUT2D eigenvalue weighted by Gasteiger charge is 2.30. The lowest BCUT2D eigenvalue weighted by atomic mass is 10.2. The van der Waals surface area contributed by atoms with Gasteiger partial charge in [-0.2, -0.15) is 13.2 Å². The molecule has 8 heteroatoms. The number of rotatable bonds is 1. The molecule has 18 heavy (non-hydrogen) atoms. The van der Waals surface area contributed by atoms with E-state index in [0.717, 1.165) is 12.1 Å². The Kier molecular flexibility index (Phi) is 2.85. The molecule has 2 rings (SSSR count). The number of aromatic nitrogens is 2. The molecule has 2 aromatic rings. The van der Waals surface area contributed by atoms with E-state index in [9.17, 15) is 18.0 Å². The van der Waals surface area contributed by atoms with Crippen molar-refractivity contribution in [3.8, 4) is 0 Å². The van der Waals surface area contributed by atoms with Crippen LogP contribution in [0.3, 0.4) is 0 Å². The first-order chi connectivity index (χ1) is 8.40. The molecule has 2 N–H and O–H groups in total. The maximum atomic E-state index is 12.5. The normalized spacial score (nSPS) is 11.6. The lowest BCUT2D eigenvalue weighted by Gasteiger charge is -2.04. The number of nitrogens with one attached hydrogen (secondary N) is 2. The number of imidazole rings is 1. The van der Waals surface area contributed by atoms with Gasteiger partial charge >= 0.3 is 12.3 Å². The first kappa shape index (κ1) is 12.2. The number of carbonyl (C=O) groups excluding carboxylic acids is 1. The Morgan fingerprint density at radius 1 is 1.44 bits per heavy atom. The predicted molar refractivity (Wildman–Crippen MR) is 57.1 cm³/mol. The van der Waals surface area contributed by atoms with Crippen molar-refractivity contribution in [2.24, 2.45) is 0 Å². The van der Waals surface area contributed by atoms with E-state index >= 15 is 0 Å². The van der Waals surface area contributed by atoms with Gasteiger partial charge in [-0.15, -0.1) is 0 Å². The van der Waals surface area contributed by atoms with Gasteiger partial charge in [-0.25, -0.2) is 9.78 Å². The third-order valence-corrected chi connectivity index (χ3v) is 2.22. The molecule has 0 aliphatic heterocycles. The largest absolute Gasteiger partial charge is 0.453 e. The number of aromatic amines is 1. The Hall–Kier alpha value is -2.25. The van der Waals surface area contributed by atoms with Gasteiger partial charge < -0.3 is 9.72 Å². The monoisotopic (exact) mass is 259 g/mol. The third kappa shape index (κ3) is 2.36. The molecule has 0 saturated carbocycles. The fraction of sp³-hybridized carbons (Fsp3) is 0.200. The van der Waals surface area contributed by atoms with E-state index in [0.29, 0.717) is 5.52 Å². The molecular weight excluding hydrogens is 251 g/mol. The number of hydrogen-bond donors (Lipinski definition) is 2. The molecule has 1 aromatic carbocycles. The Morgan fingerprint density at radius 2 is 2.17 bits per heavy atom. The molecule has 0 bridgehead atoms. The smallest absolute Gasteiger partial charge is 0.416 e. The van der Waals surface area contributed by atoms with Crippen molar-refractivity contribution in [1.82, 2.24) is 9.97 Å². The summed E-state index contributed by atoms with van der Waals surface area (Å²) in [4.78, 5) is 17.4. The molecule has 1 heterocycles. The fourth-order valence-electron chi connectivity index (χ4n) is 1.39. The van der Waals surface area contributed by atoms with Gasteiger partial charge in [0.15, 0.2) is 0 Å². The lowest BCUT2D eigenvalue weighted by molar-refractivity contribution is -0.137. The zero-order chi connectivity index (χ0) is 13.3. The highest BCUT2D eigenvalue weighted by atomic mass is 19.4. The molecule has 0 unspecified atom stereocenters. The molecule has 1 amide bonds. The van der Waals surface area contributed by atoms with Crippen LogP contribution in [-0.2, 0) is 10.9 Å². The van der Waals surface area contributed by atoms with Crippen molar-refractivity contribution in [2.75, 3.05) is 12.4 Å². The van der Waals surface area contributed by atoms with Crippen LogP contribution in [0, 0.1) is 0 Å². The number of carbonyl (C=O) groups is 1. The number of hydrogen-bond acceptors (Lipinski definition) is 3. The maximum absolute atomic E-state index is 12.5. The van der Waals surface area contributed by atoms with Crippen LogP contribution in [0.25, 0.3) is 11.0 Å². The molecule has 1 aromatic heterocycles. The predicted octanol–water partition coefficient (Wildman–Crippen LogP) is 2.76. The molecule has 96 valence electrons. The Morgan fingerprint density at radius 3 is 2.78 bits per heavy atom. The summed E-state index contributed by atoms with van der Waals surface area (Å²) in [5.74, 6) is 0.0242. The number of ether oxygens (including phenoxy) is 1. The molecule has 0 aliphatic rings. The van der Waals surface area contributed by atoms with E-state index in [1.54, 1.807) is 0 Å². The van der Waals surface area contributed by atoms with Gasteiger partial charge in [-0.3, -0.25) is 5.32 Å². The molecule has 0 saturated heterocycles. The van der Waals surface area contributed by atoms with Crippen molar-refractivity contribution in [3.05, 3.63) is 23.8 Å². The van der Waals surface area contributed by atoms with Crippen LogP contribution in [-0.4, -0.2) is 23.2 Å². The second kappa shape index (κ2) is 4.21. The second-order valence-electron chi connectivity index (χ2n) is 3.43. The Balaban J connectivity index is 2.37. The standard InChI is InChI=1S/C10H8F3N3O2/c1-18-9(17)16-8-14-6-3-2-5(10(11,12)13)4-7(6)15-8/h2-4H,1H3,(H2,14,15,16,17). The second-order valence-corrected chi connectivity index (χ2v) is 3.43. The van der Waals surface area contributed by atoms with Gasteiger partial charge in [-0.05, 0) is 18.2 Å². The molecule has 0 radical (unpaired) electrons. The number of fused-ring (bicyclic) bond motifs is 1. The van der Waals surface area contributed by atoms with Crippen LogP contribution in [0.1, 0.15) is 5.56 Å². The topological polar surface area (TPSA) is 67.0 Å². The van der Waals surface area contributed by atoms with Crippen molar-refractivity contribution in [2.45, 2.75) is 6.18 Å². The summed E-state index contributed by atoms with van der Waals surface area (Å²) in [6, 6.07) is 3.06. The van der Waals surface area contributed by atoms with Crippen molar-refractivity contribution in [3.63, 3.8) is 0 Å². The van der Waals surface area contributed by atoms with Crippen LogP contribution in [0.4, 0.5) is 23.9 Å². The zero-order valence-electron chi connectivity index (χ0n) is 9.13. The minimum atomic E-state index is -4.42. The van der Waals surface area contributed by atoms with E-state index < -0.39 is 17.8 Å². The van der Waals surface area contributed by atoms with Crippen molar-refractivity contribution < 1.29 is 22.7 Å². The van der Waals surface area contributed by atoms with E-state index in [4.69, 9.17) is 0 Å². The highest BCUT2D eigenvalue weighted by molar-refractivity contribution is 5.86. The number of halogens is 3. The summed E-state index contributed by atoms with van der Waals surface area (Å²) in [6.07, 6.45) is -5.18. The van der Waals surface area contributed by atoms with Gasteiger partial charge in [0.05, 0.1) is 23.7 Å². The number of benzene rings is 1. The zero-order valence-corrected chi connectivity index (χ0v) is 9.13. The summed E-state index contributed by atoms with van der Waals surface area (Å²) in [7, 11) is 1.17. The van der Waals surface area contributed by atoms with Crippen molar-refractivity contribution >= 4 is 23.1 Å². The number of anilines is 1. The average Bonchev–Trinajstić information content (AvgIpc) is 2.68. The first-order valence-corrected chi connectivity index (χ1v) is 4.82. The van der Waals surface area contributed by atoms with E-state index in [1.807, 2.05) is 0 Å². The number of nitrogens with zero attached hydrogens (tertiary/aromatic N) is 1. The molecule has 0 spiro atoms. The molecular formula is C10H8F3N3O2. The van der Waals surface area contributed by atoms with Crippen molar-refractivity contribution in [1.29, 1.82) is 0 Å². The minimum absolute atomic E-state index is 0.0242. The number of alkyl halides is 3. The Bertz CT molecular complexity index is 592. The number of amides is 1. The molecule has 0 atom stereocenters. The Labute approximate surface area is 99.0 Å². The van der Waals surface area contributed by atoms with Gasteiger partial charge in [-0.1, -0.05) is 0 Å². The maximum Gasteiger partial charge on any atom is 0.416 e. The van der Waals surface area contributed by atoms with Crippen LogP contribution in [0.15, 0.2) is 18.2 Å². The van der Waals surface area contributed by atoms with Gasteiger partial charge in [0.25, 0.3) is 0 Å². The summed E-state index contributed by atoms with van der Waals surface area (Å²) < 4.78 is 41.7. The lowest BCUT2D eigenvalue weighted by Crippen LogP contribution is -2.11. The first-order valence-electron chi connectivity index (χ1n) is 4.82. The quantitative estimate of drug-likeness (QED) is 0.827. The van der Waals surface area contributed by atoms with Crippen LogP contribution < -0.4 is 5.32 Å². The van der Waals surface area contributed by atoms with Crippen LogP contribution in [0.2, 0.25) is 0 Å². The average molecular weight is 259 g/mol. The SMILES string of the molecule is COC(=O)Nc1nc2ccc(C(F)(F)F)cc2[nH]1. The number of methoxy groups -OCH3 is 1.